The van der Waals surface area contributed by atoms with Crippen LogP contribution in [0.5, 0.6) is 0 Å². The second-order valence-corrected chi connectivity index (χ2v) is 5.44. The zero-order valence-corrected chi connectivity index (χ0v) is 12.4. The molecular weight excluding hydrogens is 276 g/mol. The van der Waals surface area contributed by atoms with Gasteiger partial charge >= 0.3 is 6.03 Å². The summed E-state index contributed by atoms with van der Waals surface area (Å²) in [6, 6.07) is 14.9. The second kappa shape index (κ2) is 7.04. The molecule has 5 nitrogen and oxygen atoms in total. The molecule has 2 heterocycles. The first-order valence-electron chi connectivity index (χ1n) is 7.62. The highest BCUT2D eigenvalue weighted by molar-refractivity contribution is 5.99. The maximum absolute atomic E-state index is 12.0. The number of hydrogen-bond donors (Lipinski definition) is 3. The van der Waals surface area contributed by atoms with Gasteiger partial charge in [-0.2, -0.15) is 0 Å². The van der Waals surface area contributed by atoms with Crippen LogP contribution in [0, 0.1) is 0 Å². The fraction of sp³-hybridized carbons (Fsp3) is 0.294. The third-order valence-corrected chi connectivity index (χ3v) is 3.76. The standard InChI is InChI=1S/C17H20N4O/c22-17(19-14-7-2-1-3-8-14)21-16-10-4-9-15(20-16)13-6-5-11-18-12-13/h1-4,7-10,13,18H,5-6,11-12H2,(H2,19,20,21,22)/t13-/m1/s1. The van der Waals surface area contributed by atoms with Gasteiger partial charge in [0.05, 0.1) is 0 Å². The summed E-state index contributed by atoms with van der Waals surface area (Å²) in [5.74, 6) is 1.00. The Kier molecular flexibility index (Phi) is 4.65. The Bertz CT molecular complexity index is 624. The molecule has 1 aromatic carbocycles. The van der Waals surface area contributed by atoms with Gasteiger partial charge in [0.25, 0.3) is 0 Å². The molecule has 0 radical (unpaired) electrons. The molecular formula is C17H20N4O. The summed E-state index contributed by atoms with van der Waals surface area (Å²) in [5.41, 5.74) is 1.79. The largest absolute Gasteiger partial charge is 0.324 e. The van der Waals surface area contributed by atoms with Crippen molar-refractivity contribution >= 4 is 17.5 Å². The number of nitrogens with one attached hydrogen (secondary N) is 3. The summed E-state index contributed by atoms with van der Waals surface area (Å²) in [4.78, 5) is 16.6. The molecule has 3 rings (SSSR count). The molecule has 1 saturated heterocycles. The van der Waals surface area contributed by atoms with Crippen molar-refractivity contribution in [3.63, 3.8) is 0 Å². The predicted molar refractivity (Wildman–Crippen MR) is 88.2 cm³/mol. The molecule has 1 aromatic heterocycles. The molecule has 1 atom stereocenters. The number of carbonyl (C=O) groups excluding carboxylic acids is 1. The summed E-state index contributed by atoms with van der Waals surface area (Å²) < 4.78 is 0. The van der Waals surface area contributed by atoms with Crippen LogP contribution in [-0.2, 0) is 0 Å². The van der Waals surface area contributed by atoms with Crippen molar-refractivity contribution in [3.05, 3.63) is 54.2 Å². The van der Waals surface area contributed by atoms with Crippen LogP contribution in [0.15, 0.2) is 48.5 Å². The second-order valence-electron chi connectivity index (χ2n) is 5.44. The summed E-state index contributed by atoms with van der Waals surface area (Å²) in [5, 5.41) is 8.96. The van der Waals surface area contributed by atoms with Gasteiger partial charge in [-0.15, -0.1) is 0 Å². The topological polar surface area (TPSA) is 66.1 Å². The first-order chi connectivity index (χ1) is 10.8. The van der Waals surface area contributed by atoms with Gasteiger partial charge in [-0.1, -0.05) is 24.3 Å². The third-order valence-electron chi connectivity index (χ3n) is 3.76. The third kappa shape index (κ3) is 3.83. The molecule has 0 bridgehead atoms. The lowest BCUT2D eigenvalue weighted by Gasteiger charge is -2.22. The number of para-hydroxylation sites is 1. The number of aromatic nitrogens is 1. The number of urea groups is 1. The molecule has 114 valence electrons. The van der Waals surface area contributed by atoms with Crippen LogP contribution in [0.2, 0.25) is 0 Å². The average Bonchev–Trinajstić information content (AvgIpc) is 2.57. The molecule has 1 fully saturated rings. The highest BCUT2D eigenvalue weighted by atomic mass is 16.2. The molecule has 0 unspecified atom stereocenters. The lowest BCUT2D eigenvalue weighted by atomic mass is 9.96. The molecule has 5 heteroatoms. The van der Waals surface area contributed by atoms with Crippen molar-refractivity contribution < 1.29 is 4.79 Å². The molecule has 0 aliphatic carbocycles. The van der Waals surface area contributed by atoms with Crippen LogP contribution in [-0.4, -0.2) is 24.1 Å². The molecule has 3 N–H and O–H groups in total. The number of benzene rings is 1. The van der Waals surface area contributed by atoms with Gasteiger partial charge < -0.3 is 10.6 Å². The Balaban J connectivity index is 1.63. The Morgan fingerprint density at radius 1 is 1.09 bits per heavy atom. The van der Waals surface area contributed by atoms with E-state index in [0.717, 1.165) is 30.9 Å². The normalized spacial score (nSPS) is 17.7. The monoisotopic (exact) mass is 296 g/mol. The number of hydrogen-bond acceptors (Lipinski definition) is 3. The lowest BCUT2D eigenvalue weighted by Crippen LogP contribution is -2.29. The van der Waals surface area contributed by atoms with Gasteiger partial charge in [-0.05, 0) is 43.7 Å². The minimum absolute atomic E-state index is 0.280. The van der Waals surface area contributed by atoms with Crippen LogP contribution in [0.3, 0.4) is 0 Å². The fourth-order valence-corrected chi connectivity index (χ4v) is 2.65. The summed E-state index contributed by atoms with van der Waals surface area (Å²) in [6.45, 7) is 2.03. The van der Waals surface area contributed by atoms with E-state index < -0.39 is 0 Å². The molecule has 22 heavy (non-hydrogen) atoms. The lowest BCUT2D eigenvalue weighted by molar-refractivity contribution is 0.262. The minimum atomic E-state index is -0.280. The van der Waals surface area contributed by atoms with Crippen LogP contribution in [0.4, 0.5) is 16.3 Å². The Hall–Kier alpha value is -2.40. The maximum Gasteiger partial charge on any atom is 0.324 e. The van der Waals surface area contributed by atoms with Gasteiger partial charge in [-0.25, -0.2) is 9.78 Å². The van der Waals surface area contributed by atoms with Crippen LogP contribution >= 0.6 is 0 Å². The van der Waals surface area contributed by atoms with Crippen molar-refractivity contribution in [3.8, 4) is 0 Å². The van der Waals surface area contributed by atoms with Gasteiger partial charge in [-0.3, -0.25) is 5.32 Å². The van der Waals surface area contributed by atoms with E-state index in [9.17, 15) is 4.79 Å². The number of pyridine rings is 1. The predicted octanol–water partition coefficient (Wildman–Crippen LogP) is 3.19. The molecule has 1 aliphatic heterocycles. The van der Waals surface area contributed by atoms with Crippen LogP contribution in [0.25, 0.3) is 0 Å². The van der Waals surface area contributed by atoms with E-state index in [4.69, 9.17) is 0 Å². The van der Waals surface area contributed by atoms with E-state index in [1.54, 1.807) is 0 Å². The van der Waals surface area contributed by atoms with Crippen molar-refractivity contribution in [2.24, 2.45) is 0 Å². The number of anilines is 2. The Labute approximate surface area is 130 Å². The van der Waals surface area contributed by atoms with E-state index in [-0.39, 0.29) is 6.03 Å². The van der Waals surface area contributed by atoms with E-state index in [2.05, 4.69) is 20.9 Å². The van der Waals surface area contributed by atoms with Gasteiger partial charge in [0.15, 0.2) is 0 Å². The number of piperidine rings is 1. The van der Waals surface area contributed by atoms with Crippen molar-refractivity contribution in [2.45, 2.75) is 18.8 Å². The van der Waals surface area contributed by atoms with E-state index in [1.165, 1.54) is 6.42 Å². The van der Waals surface area contributed by atoms with Gasteiger partial charge in [0, 0.05) is 23.8 Å². The fourth-order valence-electron chi connectivity index (χ4n) is 2.65. The molecule has 0 saturated carbocycles. The van der Waals surface area contributed by atoms with E-state index in [1.807, 2.05) is 48.5 Å². The van der Waals surface area contributed by atoms with Crippen molar-refractivity contribution in [1.29, 1.82) is 0 Å². The van der Waals surface area contributed by atoms with Crippen LogP contribution in [0.1, 0.15) is 24.5 Å². The summed E-state index contributed by atoms with van der Waals surface area (Å²) in [6.07, 6.45) is 2.30. The first kappa shape index (κ1) is 14.5. The van der Waals surface area contributed by atoms with Crippen molar-refractivity contribution in [2.75, 3.05) is 23.7 Å². The minimum Gasteiger partial charge on any atom is -0.316 e. The molecule has 2 amide bonds. The van der Waals surface area contributed by atoms with E-state index >= 15 is 0 Å². The average molecular weight is 296 g/mol. The number of amides is 2. The molecule has 1 aliphatic rings. The molecule has 0 spiro atoms. The van der Waals surface area contributed by atoms with Gasteiger partial charge in [0.2, 0.25) is 0 Å². The highest BCUT2D eigenvalue weighted by Gasteiger charge is 2.16. The number of nitrogens with zero attached hydrogens (tertiary/aromatic N) is 1. The zero-order chi connectivity index (χ0) is 15.2. The Morgan fingerprint density at radius 2 is 1.95 bits per heavy atom. The highest BCUT2D eigenvalue weighted by Crippen LogP contribution is 2.22. The first-order valence-corrected chi connectivity index (χ1v) is 7.62. The van der Waals surface area contributed by atoms with E-state index in [0.29, 0.717) is 11.7 Å². The number of carbonyl (C=O) groups is 1. The number of rotatable bonds is 3. The molecule has 2 aromatic rings. The summed E-state index contributed by atoms with van der Waals surface area (Å²) >= 11 is 0. The smallest absolute Gasteiger partial charge is 0.316 e. The van der Waals surface area contributed by atoms with Crippen molar-refractivity contribution in [1.82, 2.24) is 10.3 Å². The maximum atomic E-state index is 12.0. The SMILES string of the molecule is O=C(Nc1ccccc1)Nc1cccc([C@@H]2CCCNC2)n1. The summed E-state index contributed by atoms with van der Waals surface area (Å²) in [7, 11) is 0. The zero-order valence-electron chi connectivity index (χ0n) is 12.4. The van der Waals surface area contributed by atoms with Gasteiger partial charge in [0.1, 0.15) is 5.82 Å². The Morgan fingerprint density at radius 3 is 2.73 bits per heavy atom. The van der Waals surface area contributed by atoms with Crippen LogP contribution < -0.4 is 16.0 Å². The quantitative estimate of drug-likeness (QED) is 0.815.